The molecule has 0 saturated heterocycles. The number of nitrogens with two attached hydrogens (primary N) is 1. The summed E-state index contributed by atoms with van der Waals surface area (Å²) in [5, 5.41) is 0. The molecular weight excluding hydrogens is 252 g/mol. The fraction of sp³-hybridized carbons (Fsp3) is 0.750. The molecule has 0 heterocycles. The average molecular weight is 272 g/mol. The van der Waals surface area contributed by atoms with E-state index >= 15 is 0 Å². The Kier molecular flexibility index (Phi) is 3.06. The average Bonchev–Trinajstić information content (AvgIpc) is 3.15. The first-order valence-corrected chi connectivity index (χ1v) is 7.78. The quantitative estimate of drug-likeness (QED) is 0.695. The predicted molar refractivity (Wildman–Crippen MR) is 69.2 cm³/mol. The molecule has 0 spiro atoms. The summed E-state index contributed by atoms with van der Waals surface area (Å²) in [7, 11) is -3.60. The maximum atomic E-state index is 12.2. The van der Waals surface area contributed by atoms with Crippen LogP contribution in [-0.2, 0) is 14.8 Å². The molecule has 2 unspecified atom stereocenters. The molecule has 102 valence electrons. The summed E-state index contributed by atoms with van der Waals surface area (Å²) in [6, 6.07) is 0. The Morgan fingerprint density at radius 3 is 2.56 bits per heavy atom. The van der Waals surface area contributed by atoms with Gasteiger partial charge >= 0.3 is 0 Å². The Balaban J connectivity index is 2.06. The van der Waals surface area contributed by atoms with Crippen LogP contribution in [0.25, 0.3) is 0 Å². The molecule has 0 radical (unpaired) electrons. The lowest BCUT2D eigenvalue weighted by atomic mass is 10.2. The zero-order chi connectivity index (χ0) is 13.6. The summed E-state index contributed by atoms with van der Waals surface area (Å²) < 4.78 is 25.8. The fourth-order valence-electron chi connectivity index (χ4n) is 2.43. The molecule has 5 nitrogen and oxygen atoms in total. The van der Waals surface area contributed by atoms with Crippen LogP contribution in [-0.4, -0.2) is 24.6 Å². The van der Waals surface area contributed by atoms with Gasteiger partial charge in [-0.25, -0.2) is 8.42 Å². The second-order valence-corrected chi connectivity index (χ2v) is 7.53. The Labute approximate surface area is 108 Å². The highest BCUT2D eigenvalue weighted by molar-refractivity contribution is 7.91. The van der Waals surface area contributed by atoms with Crippen molar-refractivity contribution in [2.24, 2.45) is 11.7 Å². The first-order valence-electron chi connectivity index (χ1n) is 6.29. The van der Waals surface area contributed by atoms with E-state index in [0.717, 1.165) is 6.42 Å². The van der Waals surface area contributed by atoms with Gasteiger partial charge in [0.15, 0.2) is 0 Å². The van der Waals surface area contributed by atoms with Gasteiger partial charge in [0, 0.05) is 5.92 Å². The van der Waals surface area contributed by atoms with Gasteiger partial charge in [-0.15, -0.1) is 6.58 Å². The summed E-state index contributed by atoms with van der Waals surface area (Å²) in [6.45, 7) is 5.52. The van der Waals surface area contributed by atoms with Crippen LogP contribution < -0.4 is 10.5 Å². The Morgan fingerprint density at radius 1 is 1.56 bits per heavy atom. The molecule has 6 heteroatoms. The minimum atomic E-state index is -3.60. The van der Waals surface area contributed by atoms with Crippen LogP contribution >= 0.6 is 0 Å². The normalized spacial score (nSPS) is 32.7. The number of carbonyl (C=O) groups is 1. The van der Waals surface area contributed by atoms with Gasteiger partial charge in [-0.05, 0) is 25.7 Å². The second kappa shape index (κ2) is 4.06. The van der Waals surface area contributed by atoms with Crippen molar-refractivity contribution >= 4 is 15.9 Å². The molecule has 3 N–H and O–H groups in total. The lowest BCUT2D eigenvalue weighted by molar-refractivity contribution is -0.121. The molecule has 2 atom stereocenters. The van der Waals surface area contributed by atoms with Crippen molar-refractivity contribution in [3.8, 4) is 0 Å². The van der Waals surface area contributed by atoms with Crippen molar-refractivity contribution in [1.82, 2.24) is 4.72 Å². The molecule has 1 amide bonds. The molecule has 2 fully saturated rings. The van der Waals surface area contributed by atoms with Crippen LogP contribution in [0.15, 0.2) is 12.7 Å². The van der Waals surface area contributed by atoms with E-state index in [0.29, 0.717) is 25.7 Å². The van der Waals surface area contributed by atoms with Crippen LogP contribution in [0.5, 0.6) is 0 Å². The first kappa shape index (κ1) is 13.5. The Morgan fingerprint density at radius 2 is 2.17 bits per heavy atom. The number of hydrogen-bond donors (Lipinski definition) is 2. The standard InChI is InChI=1S/C12H20N2O3S/c1-3-5-11(6-7-11)18(16,17)14-10(15)12(13)8-9(12)4-2/h4,9H,2-3,5-8,13H2,1H3,(H,14,15). The molecule has 18 heavy (non-hydrogen) atoms. The van der Waals surface area contributed by atoms with Gasteiger partial charge in [0.25, 0.3) is 5.91 Å². The van der Waals surface area contributed by atoms with E-state index in [1.807, 2.05) is 6.92 Å². The minimum absolute atomic E-state index is 0.117. The second-order valence-electron chi connectivity index (χ2n) is 5.45. The van der Waals surface area contributed by atoms with E-state index in [1.54, 1.807) is 6.08 Å². The largest absolute Gasteiger partial charge is 0.317 e. The summed E-state index contributed by atoms with van der Waals surface area (Å²) >= 11 is 0. The van der Waals surface area contributed by atoms with E-state index < -0.39 is 26.2 Å². The summed E-state index contributed by atoms with van der Waals surface area (Å²) in [4.78, 5) is 11.9. The van der Waals surface area contributed by atoms with Gasteiger partial charge in [0.1, 0.15) is 5.54 Å². The molecule has 0 aromatic heterocycles. The SMILES string of the molecule is C=CC1CC1(N)C(=O)NS(=O)(=O)C1(CCC)CC1. The van der Waals surface area contributed by atoms with Crippen molar-refractivity contribution in [3.63, 3.8) is 0 Å². The summed E-state index contributed by atoms with van der Waals surface area (Å²) in [5.74, 6) is -0.705. The van der Waals surface area contributed by atoms with Gasteiger partial charge in [0.2, 0.25) is 10.0 Å². The summed E-state index contributed by atoms with van der Waals surface area (Å²) in [5.41, 5.74) is 4.77. The molecule has 0 bridgehead atoms. The van der Waals surface area contributed by atoms with Crippen molar-refractivity contribution in [1.29, 1.82) is 0 Å². The predicted octanol–water partition coefficient (Wildman–Crippen LogP) is 0.668. The van der Waals surface area contributed by atoms with E-state index in [1.165, 1.54) is 0 Å². The van der Waals surface area contributed by atoms with E-state index in [-0.39, 0.29) is 5.92 Å². The van der Waals surface area contributed by atoms with Gasteiger partial charge < -0.3 is 5.73 Å². The minimum Gasteiger partial charge on any atom is -0.317 e. The highest BCUT2D eigenvalue weighted by Crippen LogP contribution is 2.48. The molecule has 0 aromatic carbocycles. The maximum Gasteiger partial charge on any atom is 0.254 e. The number of sulfonamides is 1. The smallest absolute Gasteiger partial charge is 0.254 e. The fourth-order valence-corrected chi connectivity index (χ4v) is 4.20. The third-order valence-electron chi connectivity index (χ3n) is 4.08. The van der Waals surface area contributed by atoms with Crippen LogP contribution in [0.3, 0.4) is 0 Å². The number of amides is 1. The first-order chi connectivity index (χ1) is 8.31. The Hall–Kier alpha value is -0.880. The monoisotopic (exact) mass is 272 g/mol. The molecule has 2 aliphatic rings. The number of hydrogen-bond acceptors (Lipinski definition) is 4. The zero-order valence-electron chi connectivity index (χ0n) is 10.6. The zero-order valence-corrected chi connectivity index (χ0v) is 11.4. The molecular formula is C12H20N2O3S. The summed E-state index contributed by atoms with van der Waals surface area (Å²) in [6.07, 6.45) is 4.72. The van der Waals surface area contributed by atoms with E-state index in [9.17, 15) is 13.2 Å². The van der Waals surface area contributed by atoms with Gasteiger partial charge in [-0.1, -0.05) is 19.4 Å². The third kappa shape index (κ3) is 1.97. The van der Waals surface area contributed by atoms with Crippen molar-refractivity contribution < 1.29 is 13.2 Å². The van der Waals surface area contributed by atoms with Crippen LogP contribution in [0.2, 0.25) is 0 Å². The molecule has 0 aliphatic heterocycles. The van der Waals surface area contributed by atoms with Crippen LogP contribution in [0, 0.1) is 5.92 Å². The van der Waals surface area contributed by atoms with Gasteiger partial charge in [-0.3, -0.25) is 9.52 Å². The third-order valence-corrected chi connectivity index (χ3v) is 6.28. The van der Waals surface area contributed by atoms with Crippen molar-refractivity contribution in [2.45, 2.75) is 49.3 Å². The highest BCUT2D eigenvalue weighted by atomic mass is 32.2. The topological polar surface area (TPSA) is 89.3 Å². The van der Waals surface area contributed by atoms with Gasteiger partial charge in [0.05, 0.1) is 4.75 Å². The van der Waals surface area contributed by atoms with Crippen molar-refractivity contribution in [2.75, 3.05) is 0 Å². The highest BCUT2D eigenvalue weighted by Gasteiger charge is 2.59. The van der Waals surface area contributed by atoms with Crippen LogP contribution in [0.4, 0.5) is 0 Å². The van der Waals surface area contributed by atoms with Crippen molar-refractivity contribution in [3.05, 3.63) is 12.7 Å². The molecule has 2 rings (SSSR count). The van der Waals surface area contributed by atoms with E-state index in [2.05, 4.69) is 11.3 Å². The van der Waals surface area contributed by atoms with Gasteiger partial charge in [-0.2, -0.15) is 0 Å². The number of nitrogens with one attached hydrogen (secondary N) is 1. The maximum absolute atomic E-state index is 12.2. The number of carbonyl (C=O) groups excluding carboxylic acids is 1. The van der Waals surface area contributed by atoms with E-state index in [4.69, 9.17) is 5.73 Å². The Bertz CT molecular complexity index is 482. The van der Waals surface area contributed by atoms with Crippen LogP contribution in [0.1, 0.15) is 39.0 Å². The molecule has 2 aliphatic carbocycles. The lowest BCUT2D eigenvalue weighted by Crippen LogP contribution is -2.49. The number of rotatable bonds is 6. The molecule has 0 aromatic rings. The lowest BCUT2D eigenvalue weighted by Gasteiger charge is -2.18. The molecule has 2 saturated carbocycles.